The minimum atomic E-state index is -3.98. The molecule has 19 heavy (non-hydrogen) atoms. The minimum Gasteiger partial charge on any atom is -0.319 e. The first-order valence-electron chi connectivity index (χ1n) is 5.51. The summed E-state index contributed by atoms with van der Waals surface area (Å²) in [5.41, 5.74) is 0.0823. The number of aromatic amines is 1. The Morgan fingerprint density at radius 2 is 2.11 bits per heavy atom. The van der Waals surface area contributed by atoms with Gasteiger partial charge in [-0.3, -0.25) is 9.36 Å². The first-order valence-corrected chi connectivity index (χ1v) is 7.82. The Balaban J connectivity index is 2.65. The molecule has 0 saturated heterocycles. The van der Waals surface area contributed by atoms with Crippen LogP contribution in [0.4, 0.5) is 0 Å². The van der Waals surface area contributed by atoms with Crippen LogP contribution < -0.4 is 5.56 Å². The second kappa shape index (κ2) is 5.14. The molecule has 0 aliphatic heterocycles. The Morgan fingerprint density at radius 1 is 1.37 bits per heavy atom. The van der Waals surface area contributed by atoms with E-state index in [9.17, 15) is 13.2 Å². The molecular weight excluding hydrogens is 292 g/mol. The second-order valence-corrected chi connectivity index (χ2v) is 6.28. The van der Waals surface area contributed by atoms with Crippen molar-refractivity contribution in [1.82, 2.24) is 19.7 Å². The first kappa shape index (κ1) is 13.8. The SMILES string of the molecule is CCCn1c(-c2cccc(=O)[nH]2)nnc1S(=O)(=O)Cl. The molecule has 0 amide bonds. The van der Waals surface area contributed by atoms with Crippen LogP contribution in [0.15, 0.2) is 28.2 Å². The molecular formula is C10H11ClN4O3S. The van der Waals surface area contributed by atoms with Crippen molar-refractivity contribution in [1.29, 1.82) is 0 Å². The van der Waals surface area contributed by atoms with Crippen molar-refractivity contribution < 1.29 is 8.42 Å². The highest BCUT2D eigenvalue weighted by molar-refractivity contribution is 8.13. The quantitative estimate of drug-likeness (QED) is 0.849. The summed E-state index contributed by atoms with van der Waals surface area (Å²) in [4.78, 5) is 13.8. The van der Waals surface area contributed by atoms with Gasteiger partial charge in [0.05, 0.1) is 5.69 Å². The molecule has 0 unspecified atom stereocenters. The van der Waals surface area contributed by atoms with Gasteiger partial charge in [-0.15, -0.1) is 10.2 Å². The predicted molar refractivity (Wildman–Crippen MR) is 69.4 cm³/mol. The number of rotatable bonds is 4. The monoisotopic (exact) mass is 302 g/mol. The summed E-state index contributed by atoms with van der Waals surface area (Å²) in [6, 6.07) is 4.51. The number of hydrogen-bond donors (Lipinski definition) is 1. The highest BCUT2D eigenvalue weighted by Crippen LogP contribution is 2.20. The maximum Gasteiger partial charge on any atom is 0.296 e. The molecule has 2 aromatic rings. The van der Waals surface area contributed by atoms with Crippen molar-refractivity contribution in [2.24, 2.45) is 0 Å². The van der Waals surface area contributed by atoms with Crippen LogP contribution in [0.1, 0.15) is 13.3 Å². The summed E-state index contributed by atoms with van der Waals surface area (Å²) in [6.07, 6.45) is 0.668. The van der Waals surface area contributed by atoms with Gasteiger partial charge in [0.15, 0.2) is 5.82 Å². The van der Waals surface area contributed by atoms with Crippen LogP contribution in [0.25, 0.3) is 11.5 Å². The van der Waals surface area contributed by atoms with Crippen LogP contribution in [-0.2, 0) is 15.6 Å². The third kappa shape index (κ3) is 2.85. The van der Waals surface area contributed by atoms with Crippen LogP contribution in [-0.4, -0.2) is 28.2 Å². The van der Waals surface area contributed by atoms with Gasteiger partial charge in [-0.05, 0) is 12.5 Å². The third-order valence-corrected chi connectivity index (χ3v) is 3.54. The van der Waals surface area contributed by atoms with Gasteiger partial charge in [0, 0.05) is 23.3 Å². The van der Waals surface area contributed by atoms with Crippen molar-refractivity contribution in [2.75, 3.05) is 0 Å². The van der Waals surface area contributed by atoms with Crippen molar-refractivity contribution in [3.63, 3.8) is 0 Å². The summed E-state index contributed by atoms with van der Waals surface area (Å²) in [5, 5.41) is 7.05. The fraction of sp³-hybridized carbons (Fsp3) is 0.300. The molecule has 2 aromatic heterocycles. The van der Waals surface area contributed by atoms with Gasteiger partial charge >= 0.3 is 0 Å². The van der Waals surface area contributed by atoms with Crippen molar-refractivity contribution >= 4 is 19.7 Å². The Kier molecular flexibility index (Phi) is 3.72. The topological polar surface area (TPSA) is 97.7 Å². The van der Waals surface area contributed by atoms with E-state index in [1.807, 2.05) is 6.92 Å². The summed E-state index contributed by atoms with van der Waals surface area (Å²) < 4.78 is 24.2. The van der Waals surface area contributed by atoms with Crippen LogP contribution >= 0.6 is 10.7 Å². The summed E-state index contributed by atoms with van der Waals surface area (Å²) in [5.74, 6) is 0.263. The van der Waals surface area contributed by atoms with Gasteiger partial charge in [0.25, 0.3) is 14.2 Å². The predicted octanol–water partition coefficient (Wildman–Crippen LogP) is 0.971. The molecule has 0 bridgehead atoms. The van der Waals surface area contributed by atoms with E-state index in [2.05, 4.69) is 15.2 Å². The molecule has 2 heterocycles. The van der Waals surface area contributed by atoms with Gasteiger partial charge in [0.1, 0.15) is 0 Å². The zero-order chi connectivity index (χ0) is 14.0. The fourth-order valence-corrected chi connectivity index (χ4v) is 2.59. The van der Waals surface area contributed by atoms with E-state index in [0.717, 1.165) is 0 Å². The van der Waals surface area contributed by atoms with Gasteiger partial charge in [-0.25, -0.2) is 8.42 Å². The summed E-state index contributed by atoms with van der Waals surface area (Å²) in [7, 11) is 1.33. The highest BCUT2D eigenvalue weighted by Gasteiger charge is 2.23. The average molecular weight is 303 g/mol. The zero-order valence-corrected chi connectivity index (χ0v) is 11.6. The second-order valence-electron chi connectivity index (χ2n) is 3.82. The Hall–Kier alpha value is -1.67. The lowest BCUT2D eigenvalue weighted by molar-refractivity contribution is 0.569. The largest absolute Gasteiger partial charge is 0.319 e. The van der Waals surface area contributed by atoms with Gasteiger partial charge < -0.3 is 4.98 Å². The van der Waals surface area contributed by atoms with Crippen LogP contribution in [0, 0.1) is 0 Å². The van der Waals surface area contributed by atoms with E-state index < -0.39 is 9.05 Å². The standard InChI is InChI=1S/C10H11ClN4O3S/c1-2-6-15-9(7-4-3-5-8(16)12-7)13-14-10(15)19(11,17)18/h3-5H,2,6H2,1H3,(H,12,16). The van der Waals surface area contributed by atoms with Gasteiger partial charge in [-0.1, -0.05) is 13.0 Å². The average Bonchev–Trinajstić information content (AvgIpc) is 2.73. The van der Waals surface area contributed by atoms with Gasteiger partial charge in [-0.2, -0.15) is 0 Å². The molecule has 102 valence electrons. The molecule has 0 aliphatic carbocycles. The van der Waals surface area contributed by atoms with E-state index in [4.69, 9.17) is 10.7 Å². The number of hydrogen-bond acceptors (Lipinski definition) is 5. The maximum absolute atomic E-state index is 11.4. The molecule has 0 aromatic carbocycles. The molecule has 0 aliphatic rings. The number of aromatic nitrogens is 4. The minimum absolute atomic E-state index is 0.263. The smallest absolute Gasteiger partial charge is 0.296 e. The lowest BCUT2D eigenvalue weighted by Gasteiger charge is -2.06. The van der Waals surface area contributed by atoms with Crippen LogP contribution in [0.3, 0.4) is 0 Å². The van der Waals surface area contributed by atoms with Crippen molar-refractivity contribution in [2.45, 2.75) is 25.0 Å². The molecule has 0 spiro atoms. The summed E-state index contributed by atoms with van der Waals surface area (Å²) >= 11 is 0. The fourth-order valence-electron chi connectivity index (χ4n) is 1.67. The number of H-pyrrole nitrogens is 1. The number of pyridine rings is 1. The normalized spacial score (nSPS) is 11.7. The number of nitrogens with one attached hydrogen (secondary N) is 1. The molecule has 0 saturated carbocycles. The number of halogens is 1. The Morgan fingerprint density at radius 3 is 2.68 bits per heavy atom. The van der Waals surface area contributed by atoms with Crippen molar-refractivity contribution in [3.05, 3.63) is 28.6 Å². The van der Waals surface area contributed by atoms with E-state index in [1.54, 1.807) is 12.1 Å². The Labute approximate surface area is 113 Å². The molecule has 7 nitrogen and oxygen atoms in total. The van der Waals surface area contributed by atoms with Crippen molar-refractivity contribution in [3.8, 4) is 11.5 Å². The lowest BCUT2D eigenvalue weighted by atomic mass is 10.3. The van der Waals surface area contributed by atoms with E-state index in [0.29, 0.717) is 18.7 Å². The summed E-state index contributed by atoms with van der Waals surface area (Å²) in [6.45, 7) is 2.25. The molecule has 1 N–H and O–H groups in total. The van der Waals surface area contributed by atoms with Crippen LogP contribution in [0.2, 0.25) is 0 Å². The highest BCUT2D eigenvalue weighted by atomic mass is 35.7. The van der Waals surface area contributed by atoms with E-state index in [-0.39, 0.29) is 16.5 Å². The maximum atomic E-state index is 11.4. The molecule has 2 rings (SSSR count). The van der Waals surface area contributed by atoms with E-state index >= 15 is 0 Å². The van der Waals surface area contributed by atoms with E-state index in [1.165, 1.54) is 10.6 Å². The molecule has 0 atom stereocenters. The number of nitrogens with zero attached hydrogens (tertiary/aromatic N) is 3. The first-order chi connectivity index (χ1) is 8.93. The molecule has 0 radical (unpaired) electrons. The third-order valence-electron chi connectivity index (χ3n) is 2.39. The Bertz CT molecular complexity index is 750. The molecule has 9 heteroatoms. The molecule has 0 fully saturated rings. The zero-order valence-electron chi connectivity index (χ0n) is 10.00. The lowest BCUT2D eigenvalue weighted by Crippen LogP contribution is -2.10. The van der Waals surface area contributed by atoms with Gasteiger partial charge in [0.2, 0.25) is 5.56 Å². The van der Waals surface area contributed by atoms with Crippen LogP contribution in [0.5, 0.6) is 0 Å².